The lowest BCUT2D eigenvalue weighted by atomic mass is 10.2. The van der Waals surface area contributed by atoms with Crippen molar-refractivity contribution in [2.45, 2.75) is 24.9 Å². The molecule has 0 saturated heterocycles. The van der Waals surface area contributed by atoms with Crippen LogP contribution in [0.5, 0.6) is 0 Å². The van der Waals surface area contributed by atoms with E-state index < -0.39 is 15.8 Å². The summed E-state index contributed by atoms with van der Waals surface area (Å²) < 4.78 is 40.6. The number of aromatic nitrogens is 2. The Kier molecular flexibility index (Phi) is 4.56. The molecule has 0 aliphatic carbocycles. The van der Waals surface area contributed by atoms with E-state index in [4.69, 9.17) is 0 Å². The molecule has 2 aromatic rings. The zero-order valence-electron chi connectivity index (χ0n) is 10.7. The summed E-state index contributed by atoms with van der Waals surface area (Å²) in [5, 5.41) is -0.0234. The van der Waals surface area contributed by atoms with Gasteiger partial charge in [-0.1, -0.05) is 22.9 Å². The molecule has 0 atom stereocenters. The number of H-pyrrole nitrogens is 1. The first-order valence-electron chi connectivity index (χ1n) is 5.90. The van der Waals surface area contributed by atoms with E-state index >= 15 is 0 Å². The van der Waals surface area contributed by atoms with E-state index in [0.29, 0.717) is 16.7 Å². The molecule has 0 spiro atoms. The van der Waals surface area contributed by atoms with Gasteiger partial charge in [0.15, 0.2) is 5.03 Å². The molecule has 5 nitrogen and oxygen atoms in total. The molecular weight excluding hydrogens is 349 g/mol. The summed E-state index contributed by atoms with van der Waals surface area (Å²) in [7, 11) is -3.73. The Balaban J connectivity index is 2.15. The molecule has 0 radical (unpaired) electrons. The Bertz CT molecular complexity index is 715. The predicted molar refractivity (Wildman–Crippen MR) is 76.1 cm³/mol. The van der Waals surface area contributed by atoms with Crippen molar-refractivity contribution in [3.05, 3.63) is 46.1 Å². The van der Waals surface area contributed by atoms with Gasteiger partial charge < -0.3 is 4.98 Å². The monoisotopic (exact) mass is 361 g/mol. The van der Waals surface area contributed by atoms with Crippen LogP contribution >= 0.6 is 15.9 Å². The largest absolute Gasteiger partial charge is 0.332 e. The summed E-state index contributed by atoms with van der Waals surface area (Å²) in [5.41, 5.74) is 0.262. The molecule has 1 aromatic heterocycles. The highest BCUT2D eigenvalue weighted by Crippen LogP contribution is 2.16. The first kappa shape index (κ1) is 15.1. The zero-order chi connectivity index (χ0) is 14.8. The minimum absolute atomic E-state index is 0.0234. The smallest absolute Gasteiger partial charge is 0.257 e. The summed E-state index contributed by atoms with van der Waals surface area (Å²) in [6, 6.07) is 4.36. The van der Waals surface area contributed by atoms with Gasteiger partial charge in [-0.15, -0.1) is 0 Å². The van der Waals surface area contributed by atoms with E-state index in [9.17, 15) is 12.8 Å². The third-order valence-corrected chi connectivity index (χ3v) is 4.49. The highest BCUT2D eigenvalue weighted by molar-refractivity contribution is 9.10. The van der Waals surface area contributed by atoms with Gasteiger partial charge in [0, 0.05) is 23.0 Å². The fourth-order valence-corrected chi connectivity index (χ4v) is 2.94. The third-order valence-electron chi connectivity index (χ3n) is 2.69. The van der Waals surface area contributed by atoms with Gasteiger partial charge >= 0.3 is 0 Å². The second-order valence-electron chi connectivity index (χ2n) is 4.11. The van der Waals surface area contributed by atoms with E-state index in [0.717, 1.165) is 0 Å². The topological polar surface area (TPSA) is 74.8 Å². The summed E-state index contributed by atoms with van der Waals surface area (Å²) in [5.74, 6) is 0.119. The van der Waals surface area contributed by atoms with Crippen molar-refractivity contribution in [1.29, 1.82) is 0 Å². The molecule has 0 saturated carbocycles. The lowest BCUT2D eigenvalue weighted by Crippen LogP contribution is -2.24. The van der Waals surface area contributed by atoms with Crippen LogP contribution in [0, 0.1) is 5.82 Å². The second kappa shape index (κ2) is 6.02. The van der Waals surface area contributed by atoms with E-state index in [1.807, 2.05) is 6.92 Å². The van der Waals surface area contributed by atoms with Crippen molar-refractivity contribution in [2.75, 3.05) is 0 Å². The second-order valence-corrected chi connectivity index (χ2v) is 6.76. The SMILES string of the molecule is CCc1ncc(S(=O)(=O)NCc2cc(Br)ccc2F)[nH]1. The zero-order valence-corrected chi connectivity index (χ0v) is 13.1. The maximum atomic E-state index is 13.5. The lowest BCUT2D eigenvalue weighted by molar-refractivity contribution is 0.571. The van der Waals surface area contributed by atoms with Crippen molar-refractivity contribution < 1.29 is 12.8 Å². The van der Waals surface area contributed by atoms with Crippen LogP contribution in [0.1, 0.15) is 18.3 Å². The van der Waals surface area contributed by atoms with Crippen LogP contribution < -0.4 is 4.72 Å². The number of rotatable bonds is 5. The number of benzene rings is 1. The van der Waals surface area contributed by atoms with E-state index in [1.54, 1.807) is 6.07 Å². The summed E-state index contributed by atoms with van der Waals surface area (Å²) >= 11 is 3.21. The fraction of sp³-hybridized carbons (Fsp3) is 0.250. The number of nitrogens with one attached hydrogen (secondary N) is 2. The van der Waals surface area contributed by atoms with Crippen LogP contribution in [0.4, 0.5) is 4.39 Å². The molecule has 0 aliphatic rings. The van der Waals surface area contributed by atoms with Crippen molar-refractivity contribution in [3.63, 3.8) is 0 Å². The van der Waals surface area contributed by atoms with Gasteiger partial charge in [0.05, 0.1) is 6.20 Å². The average molecular weight is 362 g/mol. The van der Waals surface area contributed by atoms with E-state index in [2.05, 4.69) is 30.6 Å². The van der Waals surface area contributed by atoms with Crippen molar-refractivity contribution in [3.8, 4) is 0 Å². The van der Waals surface area contributed by atoms with Crippen molar-refractivity contribution in [2.24, 2.45) is 0 Å². The van der Waals surface area contributed by atoms with Gasteiger partial charge in [-0.3, -0.25) is 0 Å². The minimum atomic E-state index is -3.73. The Morgan fingerprint density at radius 1 is 1.45 bits per heavy atom. The molecule has 0 amide bonds. The average Bonchev–Trinajstić information content (AvgIpc) is 2.89. The van der Waals surface area contributed by atoms with Crippen LogP contribution in [0.15, 0.2) is 33.9 Å². The molecule has 0 unspecified atom stereocenters. The van der Waals surface area contributed by atoms with Crippen molar-refractivity contribution >= 4 is 26.0 Å². The Morgan fingerprint density at radius 2 is 2.20 bits per heavy atom. The number of aryl methyl sites for hydroxylation is 1. The highest BCUT2D eigenvalue weighted by atomic mass is 79.9. The van der Waals surface area contributed by atoms with Crippen LogP contribution in [-0.4, -0.2) is 18.4 Å². The lowest BCUT2D eigenvalue weighted by Gasteiger charge is -2.06. The molecule has 0 fully saturated rings. The Labute approximate surface area is 124 Å². The van der Waals surface area contributed by atoms with Gasteiger partial charge in [0.2, 0.25) is 0 Å². The number of hydrogen-bond acceptors (Lipinski definition) is 3. The van der Waals surface area contributed by atoms with Crippen LogP contribution in [-0.2, 0) is 23.0 Å². The molecular formula is C12H13BrFN3O2S. The molecule has 2 rings (SSSR count). The highest BCUT2D eigenvalue weighted by Gasteiger charge is 2.17. The van der Waals surface area contributed by atoms with Gasteiger partial charge in [0.1, 0.15) is 11.6 Å². The standard InChI is InChI=1S/C12H13BrFN3O2S/c1-2-11-15-7-12(17-11)20(18,19)16-6-8-5-9(13)3-4-10(8)14/h3-5,7,16H,2,6H2,1H3,(H,15,17). The summed E-state index contributed by atoms with van der Waals surface area (Å²) in [6.45, 7) is 1.73. The van der Waals surface area contributed by atoms with Crippen LogP contribution in [0.25, 0.3) is 0 Å². The number of sulfonamides is 1. The first-order chi connectivity index (χ1) is 9.42. The number of halogens is 2. The van der Waals surface area contributed by atoms with Gasteiger partial charge in [-0.25, -0.2) is 22.5 Å². The molecule has 2 N–H and O–H groups in total. The molecule has 20 heavy (non-hydrogen) atoms. The van der Waals surface area contributed by atoms with Crippen LogP contribution in [0.2, 0.25) is 0 Å². The molecule has 1 heterocycles. The molecule has 0 bridgehead atoms. The predicted octanol–water partition coefficient (Wildman–Crippen LogP) is 2.35. The van der Waals surface area contributed by atoms with E-state index in [1.165, 1.54) is 18.3 Å². The van der Waals surface area contributed by atoms with Gasteiger partial charge in [-0.05, 0) is 18.2 Å². The Hall–Kier alpha value is -1.25. The first-order valence-corrected chi connectivity index (χ1v) is 8.17. The van der Waals surface area contributed by atoms with Crippen molar-refractivity contribution in [1.82, 2.24) is 14.7 Å². The molecule has 108 valence electrons. The summed E-state index contributed by atoms with van der Waals surface area (Å²) in [4.78, 5) is 6.63. The fourth-order valence-electron chi connectivity index (χ4n) is 1.59. The normalized spacial score (nSPS) is 11.8. The minimum Gasteiger partial charge on any atom is -0.332 e. The van der Waals surface area contributed by atoms with Gasteiger partial charge in [-0.2, -0.15) is 0 Å². The van der Waals surface area contributed by atoms with E-state index in [-0.39, 0.29) is 17.1 Å². The maximum Gasteiger partial charge on any atom is 0.257 e. The molecule has 8 heteroatoms. The van der Waals surface area contributed by atoms with Crippen LogP contribution in [0.3, 0.4) is 0 Å². The number of nitrogens with zero attached hydrogens (tertiary/aromatic N) is 1. The maximum absolute atomic E-state index is 13.5. The number of imidazole rings is 1. The number of aromatic amines is 1. The summed E-state index contributed by atoms with van der Waals surface area (Å²) in [6.07, 6.45) is 1.86. The third kappa shape index (κ3) is 3.44. The quantitative estimate of drug-likeness (QED) is 0.858. The Morgan fingerprint density at radius 3 is 2.85 bits per heavy atom. The van der Waals surface area contributed by atoms with Gasteiger partial charge in [0.25, 0.3) is 10.0 Å². The number of hydrogen-bond donors (Lipinski definition) is 2. The molecule has 1 aromatic carbocycles. The molecule has 0 aliphatic heterocycles.